The van der Waals surface area contributed by atoms with Crippen LogP contribution in [-0.2, 0) is 0 Å². The van der Waals surface area contributed by atoms with Crippen LogP contribution in [0.25, 0.3) is 103 Å². The Kier molecular flexibility index (Phi) is 8.75. The zero-order chi connectivity index (χ0) is 42.8. The molecule has 0 aliphatic heterocycles. The van der Waals surface area contributed by atoms with Crippen molar-refractivity contribution < 1.29 is 0 Å². The van der Waals surface area contributed by atoms with Gasteiger partial charge in [0.25, 0.3) is 0 Å². The minimum Gasteiger partial charge on any atom is -0.310 e. The van der Waals surface area contributed by atoms with E-state index in [9.17, 15) is 0 Å². The third-order valence-corrected chi connectivity index (χ3v) is 14.3. The van der Waals surface area contributed by atoms with E-state index in [4.69, 9.17) is 0 Å². The maximum Gasteiger partial charge on any atom is 0.0554 e. The molecule has 11 aromatic carbocycles. The molecule has 0 aliphatic rings. The molecule has 0 radical (unpaired) electrons. The maximum atomic E-state index is 2.44. The van der Waals surface area contributed by atoms with Gasteiger partial charge in [-0.05, 0) is 116 Å². The Bertz CT molecular complexity index is 3900. The lowest BCUT2D eigenvalue weighted by atomic mass is 9.93. The zero-order valence-corrected chi connectivity index (χ0v) is 36.2. The van der Waals surface area contributed by atoms with Gasteiger partial charge < -0.3 is 9.47 Å². The van der Waals surface area contributed by atoms with Crippen LogP contribution in [0.1, 0.15) is 0 Å². The summed E-state index contributed by atoms with van der Waals surface area (Å²) in [6.07, 6.45) is 0. The largest absolute Gasteiger partial charge is 0.310 e. The summed E-state index contributed by atoms with van der Waals surface area (Å²) in [6, 6.07) is 89.0. The van der Waals surface area contributed by atoms with Crippen LogP contribution in [-0.4, -0.2) is 4.57 Å². The van der Waals surface area contributed by atoms with Gasteiger partial charge in [-0.2, -0.15) is 0 Å². The number of benzene rings is 11. The quantitative estimate of drug-likeness (QED) is 0.145. The lowest BCUT2D eigenvalue weighted by molar-refractivity contribution is 1.18. The van der Waals surface area contributed by atoms with Crippen LogP contribution in [0.4, 0.5) is 17.1 Å². The Morgan fingerprint density at radius 3 is 1.62 bits per heavy atom. The minimum absolute atomic E-state index is 1.10. The fraction of sp³-hybridized carbons (Fsp3) is 0. The molecule has 13 aromatic rings. The molecule has 0 amide bonds. The van der Waals surface area contributed by atoms with Gasteiger partial charge in [-0.15, -0.1) is 11.3 Å². The standard InChI is InChI=1S/C62H40N2S/c1-2-15-48-42(14-1)28-29-45-40-44(34-39-50(45)48)41-30-35-46(36-31-41)63(59-25-13-27-61-62(59)55-21-8-12-26-60(55)65-61)47-37-32-43(33-38-47)49-16-3-4-17-51(49)52-18-5-9-22-56(52)64-57-23-10-6-19-53(57)54-20-7-11-24-58(54)64/h1-40H. The number of hydrogen-bond acceptors (Lipinski definition) is 2. The molecule has 0 aliphatic carbocycles. The Hall–Kier alpha value is -8.24. The summed E-state index contributed by atoms with van der Waals surface area (Å²) in [6.45, 7) is 0. The Morgan fingerprint density at radius 2 is 0.862 bits per heavy atom. The SMILES string of the molecule is c1ccc(-c2ccccc2-n2c3ccccc3c3ccccc32)c(-c2ccc(N(c3ccc(-c4ccc5c(ccc6ccccc65)c4)cc3)c3cccc4sc5ccccc5c34)cc2)c1. The van der Waals surface area contributed by atoms with Gasteiger partial charge in [0, 0.05) is 47.9 Å². The number of rotatable bonds is 7. The van der Waals surface area contributed by atoms with Crippen LogP contribution < -0.4 is 4.90 Å². The second-order valence-electron chi connectivity index (χ2n) is 16.8. The van der Waals surface area contributed by atoms with Crippen molar-refractivity contribution >= 4 is 91.9 Å². The highest BCUT2D eigenvalue weighted by Gasteiger charge is 2.21. The number of anilines is 3. The second kappa shape index (κ2) is 15.2. The lowest BCUT2D eigenvalue weighted by Crippen LogP contribution is -2.10. The van der Waals surface area contributed by atoms with E-state index in [-0.39, 0.29) is 0 Å². The molecule has 0 bridgehead atoms. The van der Waals surface area contributed by atoms with Gasteiger partial charge in [-0.1, -0.05) is 176 Å². The molecule has 0 fully saturated rings. The molecule has 0 unspecified atom stereocenters. The first-order chi connectivity index (χ1) is 32.2. The van der Waals surface area contributed by atoms with Crippen molar-refractivity contribution in [2.45, 2.75) is 0 Å². The van der Waals surface area contributed by atoms with Crippen LogP contribution in [0.15, 0.2) is 243 Å². The minimum atomic E-state index is 1.10. The Labute approximate surface area is 381 Å². The predicted molar refractivity (Wildman–Crippen MR) is 280 cm³/mol. The number of para-hydroxylation sites is 3. The lowest BCUT2D eigenvalue weighted by Gasteiger charge is -2.27. The van der Waals surface area contributed by atoms with Gasteiger partial charge in [-0.3, -0.25) is 0 Å². The van der Waals surface area contributed by atoms with Crippen LogP contribution in [0.5, 0.6) is 0 Å². The molecule has 3 heteroatoms. The highest BCUT2D eigenvalue weighted by atomic mass is 32.1. The van der Waals surface area contributed by atoms with Gasteiger partial charge in [0.15, 0.2) is 0 Å². The average molecular weight is 845 g/mol. The summed E-state index contributed by atoms with van der Waals surface area (Å²) < 4.78 is 5.00. The summed E-state index contributed by atoms with van der Waals surface area (Å²) in [5.41, 5.74) is 14.1. The third-order valence-electron chi connectivity index (χ3n) is 13.2. The first-order valence-corrected chi connectivity index (χ1v) is 23.1. The molecule has 2 heterocycles. The van der Waals surface area contributed by atoms with E-state index in [2.05, 4.69) is 252 Å². The Balaban J connectivity index is 0.924. The monoisotopic (exact) mass is 844 g/mol. The van der Waals surface area contributed by atoms with Gasteiger partial charge in [0.1, 0.15) is 0 Å². The van der Waals surface area contributed by atoms with Gasteiger partial charge >= 0.3 is 0 Å². The van der Waals surface area contributed by atoms with Gasteiger partial charge in [0.05, 0.1) is 22.4 Å². The number of hydrogen-bond donors (Lipinski definition) is 0. The zero-order valence-electron chi connectivity index (χ0n) is 35.4. The normalized spacial score (nSPS) is 11.7. The molecule has 0 saturated heterocycles. The Morgan fingerprint density at radius 1 is 0.323 bits per heavy atom. The van der Waals surface area contributed by atoms with Crippen molar-refractivity contribution in [3.8, 4) is 39.1 Å². The van der Waals surface area contributed by atoms with Crippen LogP contribution in [0.3, 0.4) is 0 Å². The molecule has 0 N–H and O–H groups in total. The van der Waals surface area contributed by atoms with E-state index < -0.39 is 0 Å². The number of aromatic nitrogens is 1. The van der Waals surface area contributed by atoms with Crippen LogP contribution in [0.2, 0.25) is 0 Å². The molecular formula is C62H40N2S. The van der Waals surface area contributed by atoms with Crippen molar-refractivity contribution in [2.75, 3.05) is 4.90 Å². The first kappa shape index (κ1) is 37.3. The van der Waals surface area contributed by atoms with Gasteiger partial charge in [0.2, 0.25) is 0 Å². The number of thiophene rings is 1. The molecule has 0 atom stereocenters. The van der Waals surface area contributed by atoms with E-state index >= 15 is 0 Å². The predicted octanol–water partition coefficient (Wildman–Crippen LogP) is 17.9. The van der Waals surface area contributed by atoms with E-state index in [1.807, 2.05) is 11.3 Å². The van der Waals surface area contributed by atoms with Crippen molar-refractivity contribution in [3.05, 3.63) is 243 Å². The number of nitrogens with zero attached hydrogens (tertiary/aromatic N) is 2. The highest BCUT2D eigenvalue weighted by Crippen LogP contribution is 2.46. The third kappa shape index (κ3) is 6.16. The van der Waals surface area contributed by atoms with Crippen molar-refractivity contribution in [1.82, 2.24) is 4.57 Å². The van der Waals surface area contributed by atoms with Gasteiger partial charge in [-0.25, -0.2) is 0 Å². The summed E-state index contributed by atoms with van der Waals surface area (Å²) in [5, 5.41) is 10.2. The summed E-state index contributed by atoms with van der Waals surface area (Å²) in [4.78, 5) is 2.44. The topological polar surface area (TPSA) is 8.17 Å². The van der Waals surface area contributed by atoms with Crippen molar-refractivity contribution in [1.29, 1.82) is 0 Å². The van der Waals surface area contributed by atoms with Crippen molar-refractivity contribution in [2.24, 2.45) is 0 Å². The fourth-order valence-electron chi connectivity index (χ4n) is 10.2. The first-order valence-electron chi connectivity index (χ1n) is 22.2. The average Bonchev–Trinajstić information content (AvgIpc) is 3.93. The van der Waals surface area contributed by atoms with Crippen LogP contribution in [0, 0.1) is 0 Å². The molecule has 2 aromatic heterocycles. The molecular weight excluding hydrogens is 805 g/mol. The molecule has 13 rings (SSSR count). The fourth-order valence-corrected chi connectivity index (χ4v) is 11.3. The summed E-state index contributed by atoms with van der Waals surface area (Å²) >= 11 is 1.86. The van der Waals surface area contributed by atoms with E-state index in [0.717, 1.165) is 17.1 Å². The second-order valence-corrected chi connectivity index (χ2v) is 17.9. The molecule has 2 nitrogen and oxygen atoms in total. The molecule has 0 spiro atoms. The van der Waals surface area contributed by atoms with E-state index in [1.165, 1.54) is 103 Å². The molecule has 304 valence electrons. The summed E-state index contributed by atoms with van der Waals surface area (Å²) in [7, 11) is 0. The van der Waals surface area contributed by atoms with Crippen LogP contribution >= 0.6 is 11.3 Å². The maximum absolute atomic E-state index is 2.44. The van der Waals surface area contributed by atoms with E-state index in [1.54, 1.807) is 0 Å². The summed E-state index contributed by atoms with van der Waals surface area (Å²) in [5.74, 6) is 0. The van der Waals surface area contributed by atoms with E-state index in [0.29, 0.717) is 0 Å². The molecule has 0 saturated carbocycles. The molecule has 65 heavy (non-hydrogen) atoms. The smallest absolute Gasteiger partial charge is 0.0554 e. The van der Waals surface area contributed by atoms with Crippen molar-refractivity contribution in [3.63, 3.8) is 0 Å². The number of fused-ring (bicyclic) bond motifs is 9. The highest BCUT2D eigenvalue weighted by molar-refractivity contribution is 7.26.